The van der Waals surface area contributed by atoms with Crippen LogP contribution in [0.5, 0.6) is 0 Å². The summed E-state index contributed by atoms with van der Waals surface area (Å²) in [4.78, 5) is 29.6. The number of amides is 1. The molecular formula is C21H20FN3O2. The minimum absolute atomic E-state index is 0.106. The predicted octanol–water partition coefficient (Wildman–Crippen LogP) is 2.34. The number of nitrogens with zero attached hydrogens (tertiary/aromatic N) is 1. The van der Waals surface area contributed by atoms with E-state index in [0.29, 0.717) is 17.5 Å². The molecule has 2 N–H and O–H groups in total. The molecule has 6 heteroatoms. The van der Waals surface area contributed by atoms with Crippen LogP contribution in [-0.4, -0.2) is 28.9 Å². The van der Waals surface area contributed by atoms with Crippen LogP contribution in [0.4, 0.5) is 4.39 Å². The highest BCUT2D eigenvalue weighted by molar-refractivity contribution is 5.83. The Kier molecular flexibility index (Phi) is 4.49. The van der Waals surface area contributed by atoms with Crippen LogP contribution in [0.1, 0.15) is 16.7 Å². The lowest BCUT2D eigenvalue weighted by Crippen LogP contribution is -2.48. The van der Waals surface area contributed by atoms with Gasteiger partial charge in [0.25, 0.3) is 5.56 Å². The summed E-state index contributed by atoms with van der Waals surface area (Å²) in [6, 6.07) is 13.8. The average molecular weight is 365 g/mol. The van der Waals surface area contributed by atoms with Crippen molar-refractivity contribution in [2.45, 2.75) is 25.6 Å². The van der Waals surface area contributed by atoms with E-state index in [1.54, 1.807) is 12.1 Å². The smallest absolute Gasteiger partial charge is 0.253 e. The number of halogens is 1. The molecule has 0 saturated heterocycles. The molecule has 0 fully saturated rings. The number of benzene rings is 2. The van der Waals surface area contributed by atoms with Crippen LogP contribution in [0.15, 0.2) is 53.3 Å². The maximum absolute atomic E-state index is 13.3. The Balaban J connectivity index is 1.49. The molecule has 0 radical (unpaired) electrons. The van der Waals surface area contributed by atoms with E-state index < -0.39 is 5.82 Å². The van der Waals surface area contributed by atoms with Crippen LogP contribution >= 0.6 is 0 Å². The number of H-pyrrole nitrogens is 1. The highest BCUT2D eigenvalue weighted by Gasteiger charge is 2.28. The lowest BCUT2D eigenvalue weighted by molar-refractivity contribution is -0.126. The van der Waals surface area contributed by atoms with Crippen molar-refractivity contribution < 1.29 is 9.18 Å². The average Bonchev–Trinajstić information content (AvgIpc) is 2.65. The SMILES string of the molecule is CN1Cc2ccccc2CC1C(=O)NCc1cc2ccc(F)cc2[nH]c1=O. The second kappa shape index (κ2) is 6.96. The number of aromatic amines is 1. The summed E-state index contributed by atoms with van der Waals surface area (Å²) in [5.41, 5.74) is 2.99. The van der Waals surface area contributed by atoms with Crippen molar-refractivity contribution in [3.8, 4) is 0 Å². The molecule has 0 spiro atoms. The van der Waals surface area contributed by atoms with Gasteiger partial charge in [-0.05, 0) is 54.2 Å². The second-order valence-electron chi connectivity index (χ2n) is 6.98. The van der Waals surface area contributed by atoms with Crippen LogP contribution in [0.3, 0.4) is 0 Å². The highest BCUT2D eigenvalue weighted by atomic mass is 19.1. The molecule has 27 heavy (non-hydrogen) atoms. The molecule has 0 aliphatic carbocycles. The third kappa shape index (κ3) is 3.48. The van der Waals surface area contributed by atoms with Crippen molar-refractivity contribution in [2.75, 3.05) is 7.05 Å². The molecule has 1 aliphatic heterocycles. The van der Waals surface area contributed by atoms with Gasteiger partial charge >= 0.3 is 0 Å². The molecule has 2 aromatic carbocycles. The van der Waals surface area contributed by atoms with E-state index >= 15 is 0 Å². The summed E-state index contributed by atoms with van der Waals surface area (Å²) in [6.07, 6.45) is 0.645. The molecule has 0 saturated carbocycles. The number of hydrogen-bond acceptors (Lipinski definition) is 3. The first-order valence-electron chi connectivity index (χ1n) is 8.87. The molecule has 138 valence electrons. The summed E-state index contributed by atoms with van der Waals surface area (Å²) in [7, 11) is 1.93. The third-order valence-electron chi connectivity index (χ3n) is 5.12. The number of hydrogen-bond donors (Lipinski definition) is 2. The molecule has 1 amide bonds. The topological polar surface area (TPSA) is 65.2 Å². The maximum Gasteiger partial charge on any atom is 0.253 e. The molecule has 5 nitrogen and oxygen atoms in total. The molecule has 3 aromatic rings. The zero-order valence-electron chi connectivity index (χ0n) is 15.0. The minimum atomic E-state index is -0.403. The van der Waals surface area contributed by atoms with Gasteiger partial charge in [0.05, 0.1) is 11.6 Å². The quantitative estimate of drug-likeness (QED) is 0.749. The highest BCUT2D eigenvalue weighted by Crippen LogP contribution is 2.22. The first-order valence-corrected chi connectivity index (χ1v) is 8.87. The van der Waals surface area contributed by atoms with Crippen LogP contribution < -0.4 is 10.9 Å². The van der Waals surface area contributed by atoms with E-state index in [2.05, 4.69) is 22.4 Å². The van der Waals surface area contributed by atoms with Crippen molar-refractivity contribution >= 4 is 16.8 Å². The van der Waals surface area contributed by atoms with Gasteiger partial charge in [0.15, 0.2) is 0 Å². The zero-order chi connectivity index (χ0) is 19.0. The number of aromatic nitrogens is 1. The van der Waals surface area contributed by atoms with Crippen LogP contribution in [0, 0.1) is 5.82 Å². The molecule has 1 unspecified atom stereocenters. The number of carbonyl (C=O) groups excluding carboxylic acids is 1. The van der Waals surface area contributed by atoms with E-state index in [9.17, 15) is 14.0 Å². The fourth-order valence-corrected chi connectivity index (χ4v) is 3.60. The van der Waals surface area contributed by atoms with Crippen molar-refractivity contribution in [3.63, 3.8) is 0 Å². The van der Waals surface area contributed by atoms with E-state index in [1.165, 1.54) is 23.3 Å². The fraction of sp³-hybridized carbons (Fsp3) is 0.238. The normalized spacial score (nSPS) is 16.9. The van der Waals surface area contributed by atoms with Gasteiger partial charge in [0.2, 0.25) is 5.91 Å². The molecule has 1 atom stereocenters. The van der Waals surface area contributed by atoms with Crippen LogP contribution in [0.25, 0.3) is 10.9 Å². The largest absolute Gasteiger partial charge is 0.350 e. The van der Waals surface area contributed by atoms with Gasteiger partial charge in [0, 0.05) is 18.7 Å². The van der Waals surface area contributed by atoms with Crippen molar-refractivity contribution in [1.29, 1.82) is 0 Å². The van der Waals surface area contributed by atoms with Gasteiger partial charge < -0.3 is 10.3 Å². The maximum atomic E-state index is 13.3. The summed E-state index contributed by atoms with van der Waals surface area (Å²) in [6.45, 7) is 0.851. The second-order valence-corrected chi connectivity index (χ2v) is 6.98. The fourth-order valence-electron chi connectivity index (χ4n) is 3.60. The third-order valence-corrected chi connectivity index (χ3v) is 5.12. The summed E-state index contributed by atoms with van der Waals surface area (Å²) < 4.78 is 13.3. The number of likely N-dealkylation sites (N-methyl/N-ethyl adjacent to an activating group) is 1. The molecule has 2 heterocycles. The molecule has 1 aromatic heterocycles. The number of rotatable bonds is 3. The Hall–Kier alpha value is -2.99. The van der Waals surface area contributed by atoms with Crippen LogP contribution in [0.2, 0.25) is 0 Å². The molecule has 4 rings (SSSR count). The van der Waals surface area contributed by atoms with Gasteiger partial charge in [-0.1, -0.05) is 24.3 Å². The van der Waals surface area contributed by atoms with E-state index in [1.807, 2.05) is 24.1 Å². The van der Waals surface area contributed by atoms with Gasteiger partial charge in [0.1, 0.15) is 5.82 Å². The van der Waals surface area contributed by atoms with E-state index in [0.717, 1.165) is 11.9 Å². The molecule has 0 bridgehead atoms. The van der Waals surface area contributed by atoms with Crippen LogP contribution in [-0.2, 0) is 24.3 Å². The van der Waals surface area contributed by atoms with Gasteiger partial charge in [-0.25, -0.2) is 4.39 Å². The Morgan fingerprint density at radius 1 is 1.22 bits per heavy atom. The van der Waals surface area contributed by atoms with Crippen molar-refractivity contribution in [2.24, 2.45) is 0 Å². The van der Waals surface area contributed by atoms with Gasteiger partial charge in [-0.3, -0.25) is 14.5 Å². The van der Waals surface area contributed by atoms with E-state index in [-0.39, 0.29) is 24.1 Å². The van der Waals surface area contributed by atoms with Gasteiger partial charge in [-0.15, -0.1) is 0 Å². The summed E-state index contributed by atoms with van der Waals surface area (Å²) in [5.74, 6) is -0.509. The molecular weight excluding hydrogens is 345 g/mol. The number of nitrogens with one attached hydrogen (secondary N) is 2. The summed E-state index contributed by atoms with van der Waals surface area (Å²) >= 11 is 0. The van der Waals surface area contributed by atoms with Gasteiger partial charge in [-0.2, -0.15) is 0 Å². The van der Waals surface area contributed by atoms with Crippen molar-refractivity contribution in [3.05, 3.63) is 81.4 Å². The first-order chi connectivity index (χ1) is 13.0. The Bertz CT molecular complexity index is 1080. The Morgan fingerprint density at radius 3 is 2.81 bits per heavy atom. The Morgan fingerprint density at radius 2 is 2.00 bits per heavy atom. The first kappa shape index (κ1) is 17.4. The number of pyridine rings is 1. The monoisotopic (exact) mass is 365 g/mol. The van der Waals surface area contributed by atoms with E-state index in [4.69, 9.17) is 0 Å². The minimum Gasteiger partial charge on any atom is -0.350 e. The summed E-state index contributed by atoms with van der Waals surface area (Å²) in [5, 5.41) is 3.60. The molecule has 1 aliphatic rings. The number of carbonyl (C=O) groups is 1. The standard InChI is InChI=1S/C21H20FN3O2/c1-25-12-15-5-3-2-4-13(15)9-19(25)21(27)23-11-16-8-14-6-7-17(22)10-18(14)24-20(16)26/h2-8,10,19H,9,11-12H2,1H3,(H,23,27)(H,24,26). The lowest BCUT2D eigenvalue weighted by Gasteiger charge is -2.33. The van der Waals surface area contributed by atoms with Crippen molar-refractivity contribution in [1.82, 2.24) is 15.2 Å². The Labute approximate surface area is 155 Å². The predicted molar refractivity (Wildman–Crippen MR) is 102 cm³/mol. The number of fused-ring (bicyclic) bond motifs is 2. The zero-order valence-corrected chi connectivity index (χ0v) is 15.0. The lowest BCUT2D eigenvalue weighted by atomic mass is 9.94.